The largest absolute Gasteiger partial charge is 0.383 e. The molecule has 5 rings (SSSR count). The fourth-order valence-electron chi connectivity index (χ4n) is 3.74. The van der Waals surface area contributed by atoms with E-state index in [0.717, 1.165) is 37.1 Å². The molecule has 158 valence electrons. The normalized spacial score (nSPS) is 14.8. The Morgan fingerprint density at radius 2 is 2.00 bits per heavy atom. The summed E-state index contributed by atoms with van der Waals surface area (Å²) in [6.07, 6.45) is 7.56. The molecule has 3 N–H and O–H groups in total. The quantitative estimate of drug-likeness (QED) is 0.502. The Morgan fingerprint density at radius 1 is 1.16 bits per heavy atom. The lowest BCUT2D eigenvalue weighted by atomic mass is 10.1. The molecule has 0 saturated carbocycles. The van der Waals surface area contributed by atoms with Gasteiger partial charge in [0.1, 0.15) is 11.5 Å². The number of rotatable bonds is 4. The number of hydrogen-bond donors (Lipinski definition) is 2. The molecule has 0 atom stereocenters. The molecule has 0 spiro atoms. The third-order valence-electron chi connectivity index (χ3n) is 5.41. The average molecular weight is 440 g/mol. The second-order valence-electron chi connectivity index (χ2n) is 7.33. The summed E-state index contributed by atoms with van der Waals surface area (Å²) < 4.78 is 17.8. The number of benzene rings is 1. The van der Waals surface area contributed by atoms with E-state index in [0.29, 0.717) is 11.6 Å². The smallest absolute Gasteiger partial charge is 0.190 e. The van der Waals surface area contributed by atoms with Crippen molar-refractivity contribution in [2.24, 2.45) is 0 Å². The van der Waals surface area contributed by atoms with Crippen molar-refractivity contribution >= 4 is 17.4 Å². The predicted molar refractivity (Wildman–Crippen MR) is 114 cm³/mol. The Bertz CT molecular complexity index is 1230. The highest BCUT2D eigenvalue weighted by Gasteiger charge is 2.20. The van der Waals surface area contributed by atoms with Crippen LogP contribution in [0.3, 0.4) is 0 Å². The molecule has 1 aromatic carbocycles. The van der Waals surface area contributed by atoms with Gasteiger partial charge in [0.05, 0.1) is 22.8 Å². The maximum atomic E-state index is 14.6. The van der Waals surface area contributed by atoms with Crippen molar-refractivity contribution in [1.29, 1.82) is 0 Å². The molecule has 0 bridgehead atoms. The number of nitrogen functional groups attached to an aromatic ring is 1. The number of pyridine rings is 1. The number of piperidine rings is 1. The summed E-state index contributed by atoms with van der Waals surface area (Å²) in [6.45, 7) is 1.96. The summed E-state index contributed by atoms with van der Waals surface area (Å²) in [4.78, 5) is 4.31. The topological polar surface area (TPSA) is 112 Å². The first-order valence-corrected chi connectivity index (χ1v) is 10.2. The molecule has 0 radical (unpaired) electrons. The molecule has 3 aromatic heterocycles. The fraction of sp³-hybridized carbons (Fsp3) is 0.250. The number of hydrogen-bond acceptors (Lipinski definition) is 7. The minimum Gasteiger partial charge on any atom is -0.383 e. The molecular formula is C20H19ClFN9. The lowest BCUT2D eigenvalue weighted by Gasteiger charge is -2.22. The van der Waals surface area contributed by atoms with E-state index in [9.17, 15) is 4.39 Å². The maximum Gasteiger partial charge on any atom is 0.190 e. The van der Waals surface area contributed by atoms with Crippen LogP contribution >= 0.6 is 11.6 Å². The van der Waals surface area contributed by atoms with Crippen LogP contribution in [0.4, 0.5) is 10.2 Å². The van der Waals surface area contributed by atoms with Gasteiger partial charge >= 0.3 is 0 Å². The number of anilines is 1. The molecule has 0 unspecified atom stereocenters. The van der Waals surface area contributed by atoms with Gasteiger partial charge < -0.3 is 11.1 Å². The van der Waals surface area contributed by atoms with Crippen LogP contribution in [0.1, 0.15) is 18.9 Å². The van der Waals surface area contributed by atoms with Crippen molar-refractivity contribution in [1.82, 2.24) is 40.3 Å². The molecule has 4 heterocycles. The van der Waals surface area contributed by atoms with Crippen molar-refractivity contribution in [3.05, 3.63) is 53.7 Å². The van der Waals surface area contributed by atoms with Crippen LogP contribution in [0.5, 0.6) is 0 Å². The summed E-state index contributed by atoms with van der Waals surface area (Å²) in [5.74, 6) is -0.129. The zero-order valence-corrected chi connectivity index (χ0v) is 17.2. The number of aromatic nitrogens is 7. The second kappa shape index (κ2) is 8.05. The van der Waals surface area contributed by atoms with Crippen LogP contribution in [-0.2, 0) is 0 Å². The lowest BCUT2D eigenvalue weighted by molar-refractivity contribution is 0.343. The SMILES string of the molecule is Nc1ncc(-c2cnn(C3CCNCC3)c2)cc1-c1nnnn1-c1cccc(Cl)c1F. The number of nitrogens with two attached hydrogens (primary N) is 1. The van der Waals surface area contributed by atoms with Gasteiger partial charge in [0.15, 0.2) is 11.6 Å². The monoisotopic (exact) mass is 439 g/mol. The second-order valence-corrected chi connectivity index (χ2v) is 7.74. The summed E-state index contributed by atoms with van der Waals surface area (Å²) in [6, 6.07) is 6.82. The van der Waals surface area contributed by atoms with Crippen molar-refractivity contribution in [2.75, 3.05) is 18.8 Å². The van der Waals surface area contributed by atoms with Crippen LogP contribution in [-0.4, -0.2) is 48.1 Å². The molecule has 0 amide bonds. The lowest BCUT2D eigenvalue weighted by Crippen LogP contribution is -2.29. The van der Waals surface area contributed by atoms with Gasteiger partial charge in [0.25, 0.3) is 0 Å². The summed E-state index contributed by atoms with van der Waals surface area (Å²) >= 11 is 5.92. The summed E-state index contributed by atoms with van der Waals surface area (Å²) in [7, 11) is 0. The van der Waals surface area contributed by atoms with E-state index in [4.69, 9.17) is 17.3 Å². The van der Waals surface area contributed by atoms with Gasteiger partial charge in [-0.25, -0.2) is 9.37 Å². The Labute approximate surface area is 182 Å². The molecular weight excluding hydrogens is 421 g/mol. The van der Waals surface area contributed by atoms with Crippen molar-refractivity contribution in [3.8, 4) is 28.2 Å². The molecule has 1 fully saturated rings. The van der Waals surface area contributed by atoms with Crippen LogP contribution in [0.2, 0.25) is 5.02 Å². The van der Waals surface area contributed by atoms with E-state index in [1.165, 1.54) is 16.8 Å². The minimum absolute atomic E-state index is 0.0240. The third kappa shape index (κ3) is 3.64. The molecule has 1 aliphatic heterocycles. The Balaban J connectivity index is 1.53. The Morgan fingerprint density at radius 3 is 2.84 bits per heavy atom. The molecule has 1 saturated heterocycles. The van der Waals surface area contributed by atoms with E-state index < -0.39 is 5.82 Å². The molecule has 4 aromatic rings. The van der Waals surface area contributed by atoms with Crippen LogP contribution in [0.25, 0.3) is 28.2 Å². The third-order valence-corrected chi connectivity index (χ3v) is 5.70. The zero-order chi connectivity index (χ0) is 21.4. The molecule has 31 heavy (non-hydrogen) atoms. The Hall–Kier alpha value is -3.37. The van der Waals surface area contributed by atoms with Gasteiger partial charge in [-0.1, -0.05) is 17.7 Å². The highest BCUT2D eigenvalue weighted by Crippen LogP contribution is 2.31. The fourth-order valence-corrected chi connectivity index (χ4v) is 3.91. The van der Waals surface area contributed by atoms with E-state index >= 15 is 0 Å². The molecule has 11 heteroatoms. The molecule has 9 nitrogen and oxygen atoms in total. The zero-order valence-electron chi connectivity index (χ0n) is 16.4. The van der Waals surface area contributed by atoms with Crippen LogP contribution in [0.15, 0.2) is 42.9 Å². The van der Waals surface area contributed by atoms with Crippen molar-refractivity contribution in [2.45, 2.75) is 18.9 Å². The van der Waals surface area contributed by atoms with Gasteiger partial charge in [-0.05, 0) is 54.6 Å². The summed E-state index contributed by atoms with van der Waals surface area (Å²) in [5.41, 5.74) is 8.45. The van der Waals surface area contributed by atoms with E-state index in [1.54, 1.807) is 18.5 Å². The van der Waals surface area contributed by atoms with Gasteiger partial charge in [0.2, 0.25) is 0 Å². The van der Waals surface area contributed by atoms with Crippen LogP contribution < -0.4 is 11.1 Å². The van der Waals surface area contributed by atoms with Gasteiger partial charge in [-0.3, -0.25) is 4.68 Å². The van der Waals surface area contributed by atoms with E-state index in [-0.39, 0.29) is 22.4 Å². The highest BCUT2D eigenvalue weighted by molar-refractivity contribution is 6.30. The number of tetrazole rings is 1. The van der Waals surface area contributed by atoms with Crippen LogP contribution in [0, 0.1) is 5.82 Å². The average Bonchev–Trinajstić information content (AvgIpc) is 3.47. The molecule has 0 aliphatic carbocycles. The number of nitrogens with one attached hydrogen (secondary N) is 1. The summed E-state index contributed by atoms with van der Waals surface area (Å²) in [5, 5.41) is 19.5. The minimum atomic E-state index is -0.622. The standard InChI is InChI=1S/C20H19ClFN9/c21-16-2-1-3-17(18(16)22)31-20(27-28-29-31)15-8-12(9-25-19(15)23)13-10-26-30(11-13)14-4-6-24-7-5-14/h1-3,8-11,14,24H,4-7H2,(H2,23,25). The highest BCUT2D eigenvalue weighted by atomic mass is 35.5. The van der Waals surface area contributed by atoms with E-state index in [1.807, 2.05) is 16.9 Å². The van der Waals surface area contributed by atoms with Gasteiger partial charge in [-0.2, -0.15) is 9.78 Å². The van der Waals surface area contributed by atoms with Gasteiger partial charge in [-0.15, -0.1) is 5.10 Å². The predicted octanol–water partition coefficient (Wildman–Crippen LogP) is 2.89. The number of nitrogens with zero attached hydrogens (tertiary/aromatic N) is 7. The van der Waals surface area contributed by atoms with Crippen molar-refractivity contribution < 1.29 is 4.39 Å². The first kappa shape index (κ1) is 19.6. The van der Waals surface area contributed by atoms with Gasteiger partial charge in [0, 0.05) is 23.5 Å². The first-order chi connectivity index (χ1) is 15.1. The first-order valence-electron chi connectivity index (χ1n) is 9.85. The Kier molecular flexibility index (Phi) is 5.08. The van der Waals surface area contributed by atoms with Crippen molar-refractivity contribution in [3.63, 3.8) is 0 Å². The maximum absolute atomic E-state index is 14.6. The van der Waals surface area contributed by atoms with E-state index in [2.05, 4.69) is 30.9 Å². The molecule has 1 aliphatic rings. The number of halogens is 2.